The van der Waals surface area contributed by atoms with E-state index in [1.807, 2.05) is 0 Å². The fraction of sp³-hybridized carbons (Fsp3) is 0.308. The van der Waals surface area contributed by atoms with E-state index in [0.29, 0.717) is 16.5 Å². The lowest BCUT2D eigenvalue weighted by molar-refractivity contribution is 0.0701. The van der Waals surface area contributed by atoms with Gasteiger partial charge in [0.1, 0.15) is 15.6 Å². The zero-order valence-electron chi connectivity index (χ0n) is 11.3. The number of amides is 1. The molecule has 6 nitrogen and oxygen atoms in total. The Hall–Kier alpha value is -2.15. The summed E-state index contributed by atoms with van der Waals surface area (Å²) in [6.07, 6.45) is 0. The first-order valence-corrected chi connectivity index (χ1v) is 6.78. The first-order chi connectivity index (χ1) is 9.38. The van der Waals surface area contributed by atoms with Crippen LogP contribution in [-0.4, -0.2) is 22.0 Å². The number of aromatic carboxylic acids is 1. The van der Waals surface area contributed by atoms with Crippen LogP contribution in [0.15, 0.2) is 16.5 Å². The summed E-state index contributed by atoms with van der Waals surface area (Å²) >= 11 is 1.06. The van der Waals surface area contributed by atoms with Crippen LogP contribution in [-0.2, 0) is 0 Å². The van der Waals surface area contributed by atoms with Crippen LogP contribution in [0.25, 0.3) is 0 Å². The van der Waals surface area contributed by atoms with Crippen molar-refractivity contribution in [1.29, 1.82) is 0 Å². The molecular formula is C13H14N2O4S. The predicted octanol–water partition coefficient (Wildman–Crippen LogP) is 2.54. The zero-order valence-corrected chi connectivity index (χ0v) is 12.1. The molecule has 0 fully saturated rings. The number of hydrogen-bond donors (Lipinski definition) is 2. The summed E-state index contributed by atoms with van der Waals surface area (Å²) in [6, 6.07) is 2.91. The largest absolute Gasteiger partial charge is 0.477 e. The Morgan fingerprint density at radius 3 is 2.60 bits per heavy atom. The second kappa shape index (κ2) is 5.46. The summed E-state index contributed by atoms with van der Waals surface area (Å²) in [7, 11) is 0. The molecular weight excluding hydrogens is 280 g/mol. The van der Waals surface area contributed by atoms with Crippen molar-refractivity contribution in [3.63, 3.8) is 0 Å². The molecule has 0 aliphatic rings. The number of furan rings is 1. The molecule has 7 heteroatoms. The van der Waals surface area contributed by atoms with Gasteiger partial charge in [-0.2, -0.15) is 0 Å². The van der Waals surface area contributed by atoms with Crippen LogP contribution in [0.3, 0.4) is 0 Å². The molecule has 2 aromatic rings. The van der Waals surface area contributed by atoms with E-state index in [2.05, 4.69) is 10.3 Å². The molecule has 0 bridgehead atoms. The molecule has 2 rings (SSSR count). The average Bonchev–Trinajstić information content (AvgIpc) is 2.95. The Balaban J connectivity index is 2.12. The number of aryl methyl sites for hydroxylation is 2. The Bertz CT molecular complexity index is 659. The highest BCUT2D eigenvalue weighted by Crippen LogP contribution is 2.23. The molecule has 0 aliphatic heterocycles. The lowest BCUT2D eigenvalue weighted by Crippen LogP contribution is -2.26. The van der Waals surface area contributed by atoms with E-state index in [-0.39, 0.29) is 22.6 Å². The minimum absolute atomic E-state index is 0.190. The Kier molecular flexibility index (Phi) is 3.89. The molecule has 1 amide bonds. The van der Waals surface area contributed by atoms with Crippen LogP contribution in [0, 0.1) is 13.8 Å². The monoisotopic (exact) mass is 294 g/mol. The van der Waals surface area contributed by atoms with Crippen molar-refractivity contribution < 1.29 is 19.1 Å². The number of carboxylic acid groups (broad SMARTS) is 1. The summed E-state index contributed by atoms with van der Waals surface area (Å²) < 4.78 is 5.23. The van der Waals surface area contributed by atoms with Gasteiger partial charge >= 0.3 is 5.97 Å². The number of hydrogen-bond acceptors (Lipinski definition) is 5. The molecule has 2 aromatic heterocycles. The van der Waals surface area contributed by atoms with Crippen LogP contribution in [0.2, 0.25) is 0 Å². The topological polar surface area (TPSA) is 92.4 Å². The fourth-order valence-electron chi connectivity index (χ4n) is 1.69. The van der Waals surface area contributed by atoms with E-state index in [1.54, 1.807) is 32.9 Å². The molecule has 0 saturated carbocycles. The summed E-state index contributed by atoms with van der Waals surface area (Å²) in [5.74, 6) is -0.482. The Labute approximate surface area is 119 Å². The molecule has 20 heavy (non-hydrogen) atoms. The number of nitrogens with one attached hydrogen (secondary N) is 1. The highest BCUT2D eigenvalue weighted by Gasteiger charge is 2.20. The molecule has 106 valence electrons. The van der Waals surface area contributed by atoms with Crippen LogP contribution in [0.4, 0.5) is 0 Å². The molecule has 2 heterocycles. The highest BCUT2D eigenvalue weighted by molar-refractivity contribution is 7.13. The third-order valence-electron chi connectivity index (χ3n) is 2.69. The molecule has 1 unspecified atom stereocenters. The average molecular weight is 294 g/mol. The van der Waals surface area contributed by atoms with Gasteiger partial charge < -0.3 is 14.8 Å². The maximum atomic E-state index is 11.9. The van der Waals surface area contributed by atoms with Crippen molar-refractivity contribution in [2.24, 2.45) is 0 Å². The lowest BCUT2D eigenvalue weighted by Gasteiger charge is -2.09. The second-order valence-corrected chi connectivity index (χ2v) is 5.41. The molecule has 0 aliphatic carbocycles. The van der Waals surface area contributed by atoms with Gasteiger partial charge in [0.15, 0.2) is 5.76 Å². The molecule has 2 N–H and O–H groups in total. The smallest absolute Gasteiger partial charge is 0.347 e. The van der Waals surface area contributed by atoms with Crippen LogP contribution >= 0.6 is 11.3 Å². The van der Waals surface area contributed by atoms with E-state index in [4.69, 9.17) is 9.52 Å². The Morgan fingerprint density at radius 1 is 1.40 bits per heavy atom. The van der Waals surface area contributed by atoms with Gasteiger partial charge in [-0.15, -0.1) is 11.3 Å². The summed E-state index contributed by atoms with van der Waals surface area (Å²) in [5, 5.41) is 12.3. The van der Waals surface area contributed by atoms with Gasteiger partial charge in [-0.25, -0.2) is 9.78 Å². The zero-order chi connectivity index (χ0) is 14.9. The first kappa shape index (κ1) is 14.3. The quantitative estimate of drug-likeness (QED) is 0.904. The number of thiazole rings is 1. The SMILES string of the molecule is Cc1ccc(C(=O)NC(C)c2nc(C)c(C(=O)O)s2)o1. The molecule has 0 radical (unpaired) electrons. The first-order valence-electron chi connectivity index (χ1n) is 5.96. The van der Waals surface area contributed by atoms with Gasteiger partial charge in [0, 0.05) is 0 Å². The minimum Gasteiger partial charge on any atom is -0.477 e. The van der Waals surface area contributed by atoms with Gasteiger partial charge in [0.2, 0.25) is 0 Å². The van der Waals surface area contributed by atoms with Gasteiger partial charge in [-0.1, -0.05) is 0 Å². The lowest BCUT2D eigenvalue weighted by atomic mass is 10.3. The van der Waals surface area contributed by atoms with Crippen molar-refractivity contribution in [3.8, 4) is 0 Å². The number of carbonyl (C=O) groups excluding carboxylic acids is 1. The van der Waals surface area contributed by atoms with E-state index >= 15 is 0 Å². The van der Waals surface area contributed by atoms with Crippen molar-refractivity contribution in [3.05, 3.63) is 39.2 Å². The maximum absolute atomic E-state index is 11.9. The predicted molar refractivity (Wildman–Crippen MR) is 73.1 cm³/mol. The van der Waals surface area contributed by atoms with Crippen LogP contribution in [0.1, 0.15) is 49.7 Å². The van der Waals surface area contributed by atoms with Gasteiger partial charge in [0.25, 0.3) is 5.91 Å². The number of carboxylic acids is 1. The minimum atomic E-state index is -1.01. The third kappa shape index (κ3) is 2.88. The Morgan fingerprint density at radius 2 is 2.10 bits per heavy atom. The maximum Gasteiger partial charge on any atom is 0.347 e. The summed E-state index contributed by atoms with van der Waals surface area (Å²) in [5.41, 5.74) is 0.451. The van der Waals surface area contributed by atoms with E-state index in [9.17, 15) is 9.59 Å². The third-order valence-corrected chi connectivity index (χ3v) is 4.02. The molecule has 0 saturated heterocycles. The second-order valence-electron chi connectivity index (χ2n) is 4.38. The summed E-state index contributed by atoms with van der Waals surface area (Å²) in [4.78, 5) is 27.3. The normalized spacial score (nSPS) is 12.2. The van der Waals surface area contributed by atoms with Crippen molar-refractivity contribution in [1.82, 2.24) is 10.3 Å². The van der Waals surface area contributed by atoms with Gasteiger partial charge in [-0.3, -0.25) is 4.79 Å². The van der Waals surface area contributed by atoms with E-state index in [1.165, 1.54) is 0 Å². The van der Waals surface area contributed by atoms with E-state index in [0.717, 1.165) is 11.3 Å². The molecule has 0 spiro atoms. The number of aromatic nitrogens is 1. The van der Waals surface area contributed by atoms with Crippen LogP contribution < -0.4 is 5.32 Å². The number of carbonyl (C=O) groups is 2. The molecule has 0 aromatic carbocycles. The van der Waals surface area contributed by atoms with Gasteiger partial charge in [-0.05, 0) is 32.9 Å². The standard InChI is InChI=1S/C13H14N2O4S/c1-6-4-5-9(19-6)11(16)14-8(3)12-15-7(2)10(20-12)13(17)18/h4-5,8H,1-3H3,(H,14,16)(H,17,18). The number of nitrogens with zero attached hydrogens (tertiary/aromatic N) is 1. The highest BCUT2D eigenvalue weighted by atomic mass is 32.1. The molecule has 1 atom stereocenters. The van der Waals surface area contributed by atoms with Crippen LogP contribution in [0.5, 0.6) is 0 Å². The summed E-state index contributed by atoms with van der Waals surface area (Å²) in [6.45, 7) is 5.13. The van der Waals surface area contributed by atoms with Crippen molar-refractivity contribution in [2.75, 3.05) is 0 Å². The van der Waals surface area contributed by atoms with Crippen molar-refractivity contribution >= 4 is 23.2 Å². The van der Waals surface area contributed by atoms with Gasteiger partial charge in [0.05, 0.1) is 11.7 Å². The fourth-order valence-corrected chi connectivity index (χ4v) is 2.60. The number of rotatable bonds is 4. The van der Waals surface area contributed by atoms with E-state index < -0.39 is 5.97 Å². The van der Waals surface area contributed by atoms with Crippen molar-refractivity contribution in [2.45, 2.75) is 26.8 Å².